The molecule has 1 aliphatic heterocycles. The van der Waals surface area contributed by atoms with Crippen LogP contribution in [0.25, 0.3) is 0 Å². The molecule has 1 heterocycles. The Labute approximate surface area is 150 Å². The zero-order valence-corrected chi connectivity index (χ0v) is 15.0. The molecule has 1 N–H and O–H groups in total. The van der Waals surface area contributed by atoms with E-state index in [1.807, 2.05) is 54.6 Å². The number of hydrogen-bond donors (Lipinski definition) is 1. The van der Waals surface area contributed by atoms with Gasteiger partial charge < -0.3 is 5.32 Å². The molecule has 1 unspecified atom stereocenters. The SMILES string of the molecule is CC1(CCc2ccccc2)NC(=O)N(Cc2cccc(Br)c2)C1=O. The first-order chi connectivity index (χ1) is 11.5. The molecule has 2 aromatic carbocycles. The highest BCUT2D eigenvalue weighted by Crippen LogP contribution is 2.25. The lowest BCUT2D eigenvalue weighted by Crippen LogP contribution is -2.44. The van der Waals surface area contributed by atoms with Gasteiger partial charge in [-0.15, -0.1) is 0 Å². The first-order valence-corrected chi connectivity index (χ1v) is 8.70. The van der Waals surface area contributed by atoms with Crippen molar-refractivity contribution in [1.29, 1.82) is 0 Å². The van der Waals surface area contributed by atoms with Crippen LogP contribution in [0.2, 0.25) is 0 Å². The molecule has 0 saturated carbocycles. The number of carbonyl (C=O) groups excluding carboxylic acids is 2. The molecule has 3 rings (SSSR count). The van der Waals surface area contributed by atoms with Gasteiger partial charge in [-0.3, -0.25) is 9.69 Å². The first kappa shape index (κ1) is 16.7. The number of halogens is 1. The lowest BCUT2D eigenvalue weighted by Gasteiger charge is -2.21. The van der Waals surface area contributed by atoms with Gasteiger partial charge in [0.1, 0.15) is 5.54 Å². The van der Waals surface area contributed by atoms with Crippen molar-refractivity contribution in [3.63, 3.8) is 0 Å². The second-order valence-electron chi connectivity index (χ2n) is 6.27. The number of benzene rings is 2. The van der Waals surface area contributed by atoms with E-state index in [-0.39, 0.29) is 18.5 Å². The van der Waals surface area contributed by atoms with Gasteiger partial charge in [-0.25, -0.2) is 4.79 Å². The van der Waals surface area contributed by atoms with Gasteiger partial charge in [0.2, 0.25) is 0 Å². The summed E-state index contributed by atoms with van der Waals surface area (Å²) >= 11 is 3.41. The van der Waals surface area contributed by atoms with Crippen LogP contribution >= 0.6 is 15.9 Å². The van der Waals surface area contributed by atoms with Crippen molar-refractivity contribution >= 4 is 27.9 Å². The molecule has 3 amide bonds. The Morgan fingerprint density at radius 1 is 1.04 bits per heavy atom. The van der Waals surface area contributed by atoms with Crippen LogP contribution < -0.4 is 5.32 Å². The lowest BCUT2D eigenvalue weighted by molar-refractivity contribution is -0.131. The van der Waals surface area contributed by atoms with E-state index in [1.165, 1.54) is 4.90 Å². The minimum absolute atomic E-state index is 0.164. The predicted molar refractivity (Wildman–Crippen MR) is 96.4 cm³/mol. The van der Waals surface area contributed by atoms with Gasteiger partial charge in [0.15, 0.2) is 0 Å². The second-order valence-corrected chi connectivity index (χ2v) is 7.18. The molecule has 0 radical (unpaired) electrons. The monoisotopic (exact) mass is 386 g/mol. The Balaban J connectivity index is 1.70. The number of nitrogens with one attached hydrogen (secondary N) is 1. The van der Waals surface area contributed by atoms with Crippen LogP contribution in [0, 0.1) is 0 Å². The minimum Gasteiger partial charge on any atom is -0.323 e. The van der Waals surface area contributed by atoms with Crippen molar-refractivity contribution in [1.82, 2.24) is 10.2 Å². The molecule has 2 aromatic rings. The lowest BCUT2D eigenvalue weighted by atomic mass is 9.93. The highest BCUT2D eigenvalue weighted by atomic mass is 79.9. The van der Waals surface area contributed by atoms with Crippen molar-refractivity contribution in [2.75, 3.05) is 0 Å². The van der Waals surface area contributed by atoms with E-state index in [2.05, 4.69) is 21.2 Å². The highest BCUT2D eigenvalue weighted by Gasteiger charge is 2.47. The van der Waals surface area contributed by atoms with Crippen molar-refractivity contribution in [2.24, 2.45) is 0 Å². The summed E-state index contributed by atoms with van der Waals surface area (Å²) in [5, 5.41) is 2.86. The topological polar surface area (TPSA) is 49.4 Å². The third-order valence-corrected chi connectivity index (χ3v) is 4.82. The van der Waals surface area contributed by atoms with Crippen molar-refractivity contribution in [2.45, 2.75) is 31.8 Å². The van der Waals surface area contributed by atoms with E-state index in [0.717, 1.165) is 22.0 Å². The largest absolute Gasteiger partial charge is 0.325 e. The second kappa shape index (κ2) is 6.77. The number of rotatable bonds is 5. The Kier molecular flexibility index (Phi) is 4.71. The molecule has 0 bridgehead atoms. The van der Waals surface area contributed by atoms with E-state index in [9.17, 15) is 9.59 Å². The molecule has 1 aliphatic rings. The molecule has 1 fully saturated rings. The summed E-state index contributed by atoms with van der Waals surface area (Å²) in [6.45, 7) is 2.09. The van der Waals surface area contributed by atoms with E-state index < -0.39 is 5.54 Å². The fraction of sp³-hybridized carbons (Fsp3) is 0.263. The average molecular weight is 387 g/mol. The molecule has 1 saturated heterocycles. The summed E-state index contributed by atoms with van der Waals surface area (Å²) in [6.07, 6.45) is 1.32. The summed E-state index contributed by atoms with van der Waals surface area (Å²) in [5.74, 6) is -0.164. The minimum atomic E-state index is -0.848. The molecule has 24 heavy (non-hydrogen) atoms. The van der Waals surface area contributed by atoms with E-state index in [1.54, 1.807) is 6.92 Å². The highest BCUT2D eigenvalue weighted by molar-refractivity contribution is 9.10. The quantitative estimate of drug-likeness (QED) is 0.792. The average Bonchev–Trinajstić information content (AvgIpc) is 2.78. The number of hydrogen-bond acceptors (Lipinski definition) is 2. The maximum Gasteiger partial charge on any atom is 0.325 e. The van der Waals surface area contributed by atoms with Crippen LogP contribution in [0.3, 0.4) is 0 Å². The molecular formula is C19H19BrN2O2. The molecule has 124 valence electrons. The Morgan fingerprint density at radius 2 is 1.75 bits per heavy atom. The Bertz CT molecular complexity index is 763. The van der Waals surface area contributed by atoms with Gasteiger partial charge in [0, 0.05) is 4.47 Å². The number of carbonyl (C=O) groups is 2. The summed E-state index contributed by atoms with van der Waals surface area (Å²) < 4.78 is 0.930. The van der Waals surface area contributed by atoms with E-state index in [4.69, 9.17) is 0 Å². The normalized spacial score (nSPS) is 20.3. The van der Waals surface area contributed by atoms with Crippen LogP contribution in [-0.4, -0.2) is 22.4 Å². The molecule has 0 aliphatic carbocycles. The van der Waals surface area contributed by atoms with Gasteiger partial charge in [-0.2, -0.15) is 0 Å². The molecule has 0 spiro atoms. The van der Waals surface area contributed by atoms with E-state index in [0.29, 0.717) is 6.42 Å². The standard InChI is InChI=1S/C19H19BrN2O2/c1-19(11-10-14-6-3-2-4-7-14)17(23)22(18(24)21-19)13-15-8-5-9-16(20)12-15/h2-9,12H,10-11,13H2,1H3,(H,21,24). The zero-order valence-electron chi connectivity index (χ0n) is 13.5. The van der Waals surface area contributed by atoms with Crippen molar-refractivity contribution < 1.29 is 9.59 Å². The fourth-order valence-corrected chi connectivity index (χ4v) is 3.36. The number of aryl methyl sites for hydroxylation is 1. The van der Waals surface area contributed by atoms with Gasteiger partial charge in [-0.05, 0) is 43.0 Å². The van der Waals surface area contributed by atoms with Crippen molar-refractivity contribution in [3.05, 3.63) is 70.2 Å². The van der Waals surface area contributed by atoms with Crippen molar-refractivity contribution in [3.8, 4) is 0 Å². The third-order valence-electron chi connectivity index (χ3n) is 4.33. The molecule has 5 heteroatoms. The number of nitrogens with zero attached hydrogens (tertiary/aromatic N) is 1. The van der Waals surface area contributed by atoms with Gasteiger partial charge in [-0.1, -0.05) is 58.4 Å². The Morgan fingerprint density at radius 3 is 2.46 bits per heavy atom. The molecule has 1 atom stereocenters. The first-order valence-electron chi connectivity index (χ1n) is 7.90. The summed E-state index contributed by atoms with van der Waals surface area (Å²) in [4.78, 5) is 26.4. The maximum atomic E-state index is 12.8. The van der Waals surface area contributed by atoms with Gasteiger partial charge >= 0.3 is 6.03 Å². The fourth-order valence-electron chi connectivity index (χ4n) is 2.92. The van der Waals surface area contributed by atoms with Crippen LogP contribution in [0.5, 0.6) is 0 Å². The van der Waals surface area contributed by atoms with Crippen LogP contribution in [0.4, 0.5) is 4.79 Å². The van der Waals surface area contributed by atoms with Gasteiger partial charge in [0.05, 0.1) is 6.54 Å². The van der Waals surface area contributed by atoms with Gasteiger partial charge in [0.25, 0.3) is 5.91 Å². The third kappa shape index (κ3) is 3.51. The Hall–Kier alpha value is -2.14. The van der Waals surface area contributed by atoms with E-state index >= 15 is 0 Å². The predicted octanol–water partition coefficient (Wildman–Crippen LogP) is 3.89. The zero-order chi connectivity index (χ0) is 17.2. The number of urea groups is 1. The van der Waals surface area contributed by atoms with Crippen LogP contribution in [0.1, 0.15) is 24.5 Å². The summed E-state index contributed by atoms with van der Waals surface area (Å²) in [6, 6.07) is 17.3. The maximum absolute atomic E-state index is 12.8. The van der Waals surface area contributed by atoms with Crippen LogP contribution in [0.15, 0.2) is 59.1 Å². The molecule has 4 nitrogen and oxygen atoms in total. The number of amides is 3. The van der Waals surface area contributed by atoms with Crippen LogP contribution in [-0.2, 0) is 17.8 Å². The molecule has 0 aromatic heterocycles. The smallest absolute Gasteiger partial charge is 0.323 e. The molecular weight excluding hydrogens is 368 g/mol. The number of imide groups is 1. The summed E-state index contributed by atoms with van der Waals surface area (Å²) in [7, 11) is 0. The summed E-state index contributed by atoms with van der Waals surface area (Å²) in [5.41, 5.74) is 1.23.